The molecule has 3 aromatic rings. The Morgan fingerprint density at radius 3 is 2.95 bits per heavy atom. The van der Waals surface area contributed by atoms with Gasteiger partial charge in [-0.1, -0.05) is 18.2 Å². The van der Waals surface area contributed by atoms with Crippen LogP contribution < -0.4 is 5.32 Å². The fourth-order valence-electron chi connectivity index (χ4n) is 2.09. The molecule has 0 aliphatic rings. The second-order valence-electron chi connectivity index (χ2n) is 4.20. The van der Waals surface area contributed by atoms with Gasteiger partial charge in [0.05, 0.1) is 5.69 Å². The van der Waals surface area contributed by atoms with Crippen molar-refractivity contribution in [1.29, 1.82) is 0 Å². The van der Waals surface area contributed by atoms with Gasteiger partial charge < -0.3 is 5.32 Å². The molecule has 0 aliphatic carbocycles. The van der Waals surface area contributed by atoms with Crippen molar-refractivity contribution < 1.29 is 0 Å². The third-order valence-corrected chi connectivity index (χ3v) is 2.95. The summed E-state index contributed by atoms with van der Waals surface area (Å²) in [6.45, 7) is 2.83. The Hall–Kier alpha value is -2.49. The monoisotopic (exact) mass is 250 g/mol. The van der Waals surface area contributed by atoms with Gasteiger partial charge in [-0.15, -0.1) is 0 Å². The van der Waals surface area contributed by atoms with Crippen LogP contribution in [-0.2, 0) is 0 Å². The number of hydrogen-bond acceptors (Lipinski definition) is 4. The maximum absolute atomic E-state index is 4.53. The van der Waals surface area contributed by atoms with Gasteiger partial charge in [-0.25, -0.2) is 9.97 Å². The lowest BCUT2D eigenvalue weighted by Gasteiger charge is -2.07. The largest absolute Gasteiger partial charge is 0.354 e. The van der Waals surface area contributed by atoms with Crippen LogP contribution in [-0.4, -0.2) is 21.5 Å². The van der Waals surface area contributed by atoms with Crippen molar-refractivity contribution in [3.8, 4) is 11.3 Å². The van der Waals surface area contributed by atoms with E-state index in [9.17, 15) is 0 Å². The van der Waals surface area contributed by atoms with Crippen LogP contribution in [0.2, 0.25) is 0 Å². The van der Waals surface area contributed by atoms with E-state index in [1.165, 1.54) is 0 Å². The first kappa shape index (κ1) is 11.6. The summed E-state index contributed by atoms with van der Waals surface area (Å²) in [6.07, 6.45) is 5.45. The van der Waals surface area contributed by atoms with Crippen LogP contribution in [0.5, 0.6) is 0 Å². The van der Waals surface area contributed by atoms with Gasteiger partial charge in [0.2, 0.25) is 5.95 Å². The molecule has 0 saturated carbocycles. The molecule has 2 aromatic heterocycles. The van der Waals surface area contributed by atoms with Crippen LogP contribution in [0.25, 0.3) is 22.0 Å². The molecule has 3 rings (SSSR count). The molecule has 1 aromatic carbocycles. The van der Waals surface area contributed by atoms with E-state index in [0.29, 0.717) is 5.95 Å². The summed E-state index contributed by atoms with van der Waals surface area (Å²) in [5, 5.41) is 5.39. The van der Waals surface area contributed by atoms with E-state index in [0.717, 1.165) is 28.6 Å². The van der Waals surface area contributed by atoms with E-state index < -0.39 is 0 Å². The van der Waals surface area contributed by atoms with Gasteiger partial charge in [-0.2, -0.15) is 0 Å². The van der Waals surface area contributed by atoms with Crippen LogP contribution in [0.4, 0.5) is 5.95 Å². The molecule has 0 atom stereocenters. The maximum Gasteiger partial charge on any atom is 0.223 e. The molecule has 2 heterocycles. The van der Waals surface area contributed by atoms with Crippen LogP contribution in [0.1, 0.15) is 6.92 Å². The highest BCUT2D eigenvalue weighted by atomic mass is 15.1. The molecule has 0 spiro atoms. The van der Waals surface area contributed by atoms with Gasteiger partial charge in [0, 0.05) is 36.1 Å². The Morgan fingerprint density at radius 2 is 2.05 bits per heavy atom. The topological polar surface area (TPSA) is 50.7 Å². The number of aromatic nitrogens is 3. The van der Waals surface area contributed by atoms with Crippen molar-refractivity contribution in [3.05, 3.63) is 48.9 Å². The third-order valence-electron chi connectivity index (χ3n) is 2.95. The SMILES string of the molecule is CCNc1nccc(-c2cccc3ccncc23)n1. The zero-order valence-corrected chi connectivity index (χ0v) is 10.7. The highest BCUT2D eigenvalue weighted by Crippen LogP contribution is 2.26. The summed E-state index contributed by atoms with van der Waals surface area (Å²) in [5.41, 5.74) is 1.98. The van der Waals surface area contributed by atoms with E-state index in [2.05, 4.69) is 32.4 Å². The predicted molar refractivity (Wildman–Crippen MR) is 76.9 cm³/mol. The van der Waals surface area contributed by atoms with Crippen LogP contribution in [0, 0.1) is 0 Å². The van der Waals surface area contributed by atoms with Crippen molar-refractivity contribution in [2.24, 2.45) is 0 Å². The Morgan fingerprint density at radius 1 is 1.11 bits per heavy atom. The van der Waals surface area contributed by atoms with Gasteiger partial charge in [-0.3, -0.25) is 4.98 Å². The first-order chi connectivity index (χ1) is 9.38. The molecule has 0 bridgehead atoms. The molecule has 0 aliphatic heterocycles. The van der Waals surface area contributed by atoms with Gasteiger partial charge in [-0.05, 0) is 24.4 Å². The molecular formula is C15H14N4. The Labute approximate surface area is 111 Å². The van der Waals surface area contributed by atoms with Crippen LogP contribution in [0.3, 0.4) is 0 Å². The van der Waals surface area contributed by atoms with Crippen molar-refractivity contribution in [3.63, 3.8) is 0 Å². The highest BCUT2D eigenvalue weighted by Gasteiger charge is 2.06. The first-order valence-corrected chi connectivity index (χ1v) is 6.28. The minimum absolute atomic E-state index is 0.654. The Balaban J connectivity index is 2.16. The number of fused-ring (bicyclic) bond motifs is 1. The van der Waals surface area contributed by atoms with Crippen LogP contribution in [0.15, 0.2) is 48.9 Å². The van der Waals surface area contributed by atoms with Gasteiger partial charge in [0.1, 0.15) is 0 Å². The molecule has 0 saturated heterocycles. The fraction of sp³-hybridized carbons (Fsp3) is 0.133. The zero-order valence-electron chi connectivity index (χ0n) is 10.7. The fourth-order valence-corrected chi connectivity index (χ4v) is 2.09. The van der Waals surface area contributed by atoms with E-state index in [1.807, 2.05) is 31.3 Å². The average molecular weight is 250 g/mol. The standard InChI is InChI=1S/C15H14N4/c1-2-17-15-18-9-7-14(19-15)12-5-3-4-11-6-8-16-10-13(11)12/h3-10H,2H2,1H3,(H,17,18,19). The molecule has 4 nitrogen and oxygen atoms in total. The number of pyridine rings is 1. The molecule has 0 radical (unpaired) electrons. The maximum atomic E-state index is 4.53. The average Bonchev–Trinajstić information content (AvgIpc) is 2.47. The van der Waals surface area contributed by atoms with E-state index in [1.54, 1.807) is 12.4 Å². The molecular weight excluding hydrogens is 236 g/mol. The van der Waals surface area contributed by atoms with Gasteiger partial charge >= 0.3 is 0 Å². The Bertz CT molecular complexity index is 704. The van der Waals surface area contributed by atoms with E-state index in [4.69, 9.17) is 0 Å². The van der Waals surface area contributed by atoms with E-state index in [-0.39, 0.29) is 0 Å². The summed E-state index contributed by atoms with van der Waals surface area (Å²) in [7, 11) is 0. The summed E-state index contributed by atoms with van der Waals surface area (Å²) >= 11 is 0. The minimum Gasteiger partial charge on any atom is -0.354 e. The smallest absolute Gasteiger partial charge is 0.223 e. The highest BCUT2D eigenvalue weighted by molar-refractivity contribution is 5.95. The lowest BCUT2D eigenvalue weighted by Crippen LogP contribution is -2.02. The zero-order chi connectivity index (χ0) is 13.1. The second-order valence-corrected chi connectivity index (χ2v) is 4.20. The number of benzene rings is 1. The molecule has 1 N–H and O–H groups in total. The summed E-state index contributed by atoms with van der Waals surface area (Å²) in [5.74, 6) is 0.654. The Kier molecular flexibility index (Phi) is 3.06. The molecule has 94 valence electrons. The third kappa shape index (κ3) is 2.25. The first-order valence-electron chi connectivity index (χ1n) is 6.28. The molecule has 0 fully saturated rings. The van der Waals surface area contributed by atoms with Crippen LogP contribution >= 0.6 is 0 Å². The van der Waals surface area contributed by atoms with Crippen molar-refractivity contribution in [1.82, 2.24) is 15.0 Å². The molecule has 19 heavy (non-hydrogen) atoms. The second kappa shape index (κ2) is 5.02. The summed E-state index contributed by atoms with van der Waals surface area (Å²) < 4.78 is 0. The number of hydrogen-bond donors (Lipinski definition) is 1. The van der Waals surface area contributed by atoms with E-state index >= 15 is 0 Å². The van der Waals surface area contributed by atoms with Gasteiger partial charge in [0.15, 0.2) is 0 Å². The quantitative estimate of drug-likeness (QED) is 0.776. The van der Waals surface area contributed by atoms with Crippen molar-refractivity contribution >= 4 is 16.7 Å². The number of anilines is 1. The number of nitrogens with one attached hydrogen (secondary N) is 1. The predicted octanol–water partition coefficient (Wildman–Crippen LogP) is 3.12. The van der Waals surface area contributed by atoms with Crippen molar-refractivity contribution in [2.75, 3.05) is 11.9 Å². The van der Waals surface area contributed by atoms with Gasteiger partial charge in [0.25, 0.3) is 0 Å². The number of rotatable bonds is 3. The lowest BCUT2D eigenvalue weighted by atomic mass is 10.0. The number of nitrogens with zero attached hydrogens (tertiary/aromatic N) is 3. The normalized spacial score (nSPS) is 10.6. The summed E-state index contributed by atoms with van der Waals surface area (Å²) in [6, 6.07) is 10.1. The summed E-state index contributed by atoms with van der Waals surface area (Å²) in [4.78, 5) is 12.9. The molecule has 4 heteroatoms. The lowest BCUT2D eigenvalue weighted by molar-refractivity contribution is 1.09. The molecule has 0 amide bonds. The minimum atomic E-state index is 0.654. The molecule has 0 unspecified atom stereocenters. The van der Waals surface area contributed by atoms with Crippen molar-refractivity contribution in [2.45, 2.75) is 6.92 Å².